The molecule has 3 amide bonds. The Bertz CT molecular complexity index is 1120. The van der Waals surface area contributed by atoms with E-state index in [1.807, 2.05) is 60.7 Å². The molecule has 4 rings (SSSR count). The summed E-state index contributed by atoms with van der Waals surface area (Å²) in [5.74, 6) is -0.571. The first-order valence-corrected chi connectivity index (χ1v) is 11.9. The maximum atomic E-state index is 13.1. The molecule has 1 atom stereocenters. The van der Waals surface area contributed by atoms with Crippen molar-refractivity contribution in [1.29, 1.82) is 0 Å². The van der Waals surface area contributed by atoms with Gasteiger partial charge in [-0.2, -0.15) is 0 Å². The fraction of sp³-hybridized carbons (Fsp3) is 0.217. The van der Waals surface area contributed by atoms with E-state index in [-0.39, 0.29) is 29.9 Å². The summed E-state index contributed by atoms with van der Waals surface area (Å²) in [5, 5.41) is 6.20. The van der Waals surface area contributed by atoms with Crippen molar-refractivity contribution in [1.82, 2.24) is 10.3 Å². The van der Waals surface area contributed by atoms with Gasteiger partial charge in [-0.3, -0.25) is 14.4 Å². The fourth-order valence-electron chi connectivity index (χ4n) is 3.39. The van der Waals surface area contributed by atoms with Crippen LogP contribution in [0.2, 0.25) is 0 Å². The average molecular weight is 467 g/mol. The highest BCUT2D eigenvalue weighted by Crippen LogP contribution is 2.38. The predicted octanol–water partition coefficient (Wildman–Crippen LogP) is 3.64. The standard InChI is InChI=1S/C23H22N4O3S2/c1-24-18(28)14-31-23-25-20(15-8-4-2-5-9-15)22(32-23)26-21(30)16-12-19(29)27(13-16)17-10-6-3-7-11-17/h2-11,16H,12-14H2,1H3,(H,24,28)(H,26,30). The molecule has 1 saturated heterocycles. The third-order valence-electron chi connectivity index (χ3n) is 5.06. The molecule has 0 saturated carbocycles. The largest absolute Gasteiger partial charge is 0.358 e. The number of carbonyl (C=O) groups is 3. The molecular weight excluding hydrogens is 444 g/mol. The maximum Gasteiger partial charge on any atom is 0.230 e. The number of thioether (sulfide) groups is 1. The minimum absolute atomic E-state index is 0.0641. The summed E-state index contributed by atoms with van der Waals surface area (Å²) in [6.45, 7) is 0.340. The Morgan fingerprint density at radius 2 is 1.81 bits per heavy atom. The summed E-state index contributed by atoms with van der Waals surface area (Å²) >= 11 is 2.66. The Balaban J connectivity index is 1.52. The molecule has 1 aliphatic heterocycles. The Kier molecular flexibility index (Phi) is 6.87. The summed E-state index contributed by atoms with van der Waals surface area (Å²) in [6.07, 6.45) is 0.165. The summed E-state index contributed by atoms with van der Waals surface area (Å²) in [5.41, 5.74) is 2.33. The lowest BCUT2D eigenvalue weighted by atomic mass is 10.1. The van der Waals surface area contributed by atoms with Crippen LogP contribution in [0.15, 0.2) is 65.0 Å². The van der Waals surface area contributed by atoms with Crippen molar-refractivity contribution in [2.45, 2.75) is 10.8 Å². The van der Waals surface area contributed by atoms with Crippen molar-refractivity contribution < 1.29 is 14.4 Å². The topological polar surface area (TPSA) is 91.4 Å². The SMILES string of the molecule is CNC(=O)CSc1nc(-c2ccccc2)c(NC(=O)C2CC(=O)N(c3ccccc3)C2)s1. The van der Waals surface area contributed by atoms with Gasteiger partial charge in [-0.15, -0.1) is 0 Å². The second-order valence-corrected chi connectivity index (χ2v) is 9.44. The lowest BCUT2D eigenvalue weighted by Crippen LogP contribution is -2.28. The van der Waals surface area contributed by atoms with Crippen molar-refractivity contribution in [3.05, 3.63) is 60.7 Å². The van der Waals surface area contributed by atoms with E-state index in [9.17, 15) is 14.4 Å². The third kappa shape index (κ3) is 5.00. The highest BCUT2D eigenvalue weighted by atomic mass is 32.2. The van der Waals surface area contributed by atoms with Gasteiger partial charge < -0.3 is 15.5 Å². The lowest BCUT2D eigenvalue weighted by molar-refractivity contribution is -0.122. The molecule has 32 heavy (non-hydrogen) atoms. The van der Waals surface area contributed by atoms with Crippen molar-refractivity contribution in [3.63, 3.8) is 0 Å². The van der Waals surface area contributed by atoms with E-state index in [0.717, 1.165) is 11.3 Å². The van der Waals surface area contributed by atoms with Crippen LogP contribution in [-0.4, -0.2) is 42.1 Å². The van der Waals surface area contributed by atoms with E-state index >= 15 is 0 Å². The summed E-state index contributed by atoms with van der Waals surface area (Å²) in [4.78, 5) is 43.5. The van der Waals surface area contributed by atoms with Crippen LogP contribution in [-0.2, 0) is 14.4 Å². The number of aromatic nitrogens is 1. The van der Waals surface area contributed by atoms with Crippen LogP contribution in [0.4, 0.5) is 10.7 Å². The number of anilines is 2. The second-order valence-electron chi connectivity index (χ2n) is 7.22. The molecule has 7 nitrogen and oxygen atoms in total. The number of hydrogen-bond acceptors (Lipinski definition) is 6. The van der Waals surface area contributed by atoms with Crippen molar-refractivity contribution in [3.8, 4) is 11.3 Å². The zero-order valence-electron chi connectivity index (χ0n) is 17.4. The van der Waals surface area contributed by atoms with Crippen molar-refractivity contribution in [2.75, 3.05) is 29.6 Å². The molecule has 164 valence electrons. The third-order valence-corrected chi connectivity index (χ3v) is 7.17. The van der Waals surface area contributed by atoms with E-state index < -0.39 is 5.92 Å². The zero-order valence-corrected chi connectivity index (χ0v) is 19.0. The van der Waals surface area contributed by atoms with Crippen LogP contribution in [0.5, 0.6) is 0 Å². The van der Waals surface area contributed by atoms with Crippen LogP contribution in [0.3, 0.4) is 0 Å². The van der Waals surface area contributed by atoms with E-state index in [4.69, 9.17) is 0 Å². The van der Waals surface area contributed by atoms with Gasteiger partial charge >= 0.3 is 0 Å². The van der Waals surface area contributed by atoms with Gasteiger partial charge in [0, 0.05) is 31.3 Å². The molecule has 1 aromatic heterocycles. The first-order valence-electron chi connectivity index (χ1n) is 10.1. The van der Waals surface area contributed by atoms with Crippen molar-refractivity contribution in [2.24, 2.45) is 5.92 Å². The number of carbonyl (C=O) groups excluding carboxylic acids is 3. The van der Waals surface area contributed by atoms with Gasteiger partial charge in [-0.25, -0.2) is 4.98 Å². The number of hydrogen-bond donors (Lipinski definition) is 2. The Hall–Kier alpha value is -3.17. The highest BCUT2D eigenvalue weighted by Gasteiger charge is 2.35. The zero-order chi connectivity index (χ0) is 22.5. The minimum Gasteiger partial charge on any atom is -0.358 e. The smallest absolute Gasteiger partial charge is 0.230 e. The van der Waals surface area contributed by atoms with Crippen LogP contribution in [0.1, 0.15) is 6.42 Å². The van der Waals surface area contributed by atoms with Gasteiger partial charge in [0.15, 0.2) is 4.34 Å². The van der Waals surface area contributed by atoms with E-state index in [2.05, 4.69) is 15.6 Å². The molecule has 1 aliphatic rings. The van der Waals surface area contributed by atoms with Gasteiger partial charge in [0.05, 0.1) is 11.7 Å². The van der Waals surface area contributed by atoms with Crippen LogP contribution >= 0.6 is 23.1 Å². The number of rotatable bonds is 7. The molecule has 3 aromatic rings. The highest BCUT2D eigenvalue weighted by molar-refractivity contribution is 8.01. The Morgan fingerprint density at radius 1 is 1.12 bits per heavy atom. The second kappa shape index (κ2) is 9.97. The molecule has 0 spiro atoms. The summed E-state index contributed by atoms with van der Waals surface area (Å²) in [6, 6.07) is 18.9. The molecule has 1 unspecified atom stereocenters. The summed E-state index contributed by atoms with van der Waals surface area (Å²) in [7, 11) is 1.59. The average Bonchev–Trinajstić information content (AvgIpc) is 3.42. The van der Waals surface area contributed by atoms with Crippen molar-refractivity contribution >= 4 is 51.5 Å². The molecule has 0 bridgehead atoms. The molecule has 0 radical (unpaired) electrons. The molecule has 2 heterocycles. The first kappa shape index (κ1) is 22.0. The fourth-order valence-corrected chi connectivity index (χ4v) is 5.33. The molecule has 0 aliphatic carbocycles. The van der Waals surface area contributed by atoms with Gasteiger partial charge in [-0.1, -0.05) is 71.6 Å². The molecule has 2 aromatic carbocycles. The van der Waals surface area contributed by atoms with Crippen LogP contribution in [0, 0.1) is 5.92 Å². The van der Waals surface area contributed by atoms with E-state index in [1.54, 1.807) is 11.9 Å². The number of thiazole rings is 1. The molecular formula is C23H22N4O3S2. The monoisotopic (exact) mass is 466 g/mol. The maximum absolute atomic E-state index is 13.1. The van der Waals surface area contributed by atoms with Gasteiger partial charge in [0.25, 0.3) is 0 Å². The number of benzene rings is 2. The Morgan fingerprint density at radius 3 is 2.50 bits per heavy atom. The van der Waals surface area contributed by atoms with Gasteiger partial charge in [0.1, 0.15) is 10.7 Å². The Labute approximate surface area is 194 Å². The quantitative estimate of drug-likeness (QED) is 0.519. The van der Waals surface area contributed by atoms with Gasteiger partial charge in [0.2, 0.25) is 17.7 Å². The van der Waals surface area contributed by atoms with E-state index in [1.165, 1.54) is 23.1 Å². The summed E-state index contributed by atoms with van der Waals surface area (Å²) < 4.78 is 0.691. The normalized spacial score (nSPS) is 15.6. The lowest BCUT2D eigenvalue weighted by Gasteiger charge is -2.16. The van der Waals surface area contributed by atoms with Crippen LogP contribution < -0.4 is 15.5 Å². The molecule has 9 heteroatoms. The number of nitrogens with zero attached hydrogens (tertiary/aromatic N) is 2. The first-order chi connectivity index (χ1) is 15.5. The van der Waals surface area contributed by atoms with Gasteiger partial charge in [-0.05, 0) is 12.1 Å². The van der Waals surface area contributed by atoms with E-state index in [0.29, 0.717) is 21.6 Å². The number of amides is 3. The molecule has 1 fully saturated rings. The molecule has 2 N–H and O–H groups in total. The predicted molar refractivity (Wildman–Crippen MR) is 128 cm³/mol. The van der Waals surface area contributed by atoms with Crippen LogP contribution in [0.25, 0.3) is 11.3 Å². The number of para-hydroxylation sites is 1. The minimum atomic E-state index is -0.449. The number of nitrogens with one attached hydrogen (secondary N) is 2.